The average molecular weight is 476 g/mol. The van der Waals surface area contributed by atoms with Crippen molar-refractivity contribution in [3.05, 3.63) is 95.9 Å². The molecule has 1 N–H and O–H groups in total. The third kappa shape index (κ3) is 4.24. The number of carbonyl (C=O) groups is 1. The quantitative estimate of drug-likeness (QED) is 0.417. The van der Waals surface area contributed by atoms with E-state index in [0.717, 1.165) is 22.4 Å². The van der Waals surface area contributed by atoms with Crippen molar-refractivity contribution in [2.75, 3.05) is 12.9 Å². The van der Waals surface area contributed by atoms with Gasteiger partial charge in [0, 0.05) is 17.3 Å². The van der Waals surface area contributed by atoms with Crippen LogP contribution in [-0.2, 0) is 11.3 Å². The van der Waals surface area contributed by atoms with E-state index < -0.39 is 0 Å². The lowest BCUT2D eigenvalue weighted by Gasteiger charge is -2.24. The van der Waals surface area contributed by atoms with Crippen molar-refractivity contribution in [1.29, 1.82) is 0 Å². The summed E-state index contributed by atoms with van der Waals surface area (Å²) in [5.41, 5.74) is 4.06. The molecule has 4 aromatic rings. The van der Waals surface area contributed by atoms with E-state index in [1.54, 1.807) is 39.9 Å². The highest BCUT2D eigenvalue weighted by Gasteiger charge is 2.34. The number of aromatic hydroxyl groups is 1. The fourth-order valence-corrected chi connectivity index (χ4v) is 5.20. The summed E-state index contributed by atoms with van der Waals surface area (Å²) >= 11 is 1.53. The van der Waals surface area contributed by atoms with Crippen molar-refractivity contribution in [2.45, 2.75) is 11.9 Å². The van der Waals surface area contributed by atoms with Gasteiger partial charge in [0.1, 0.15) is 11.2 Å². The molecule has 172 valence electrons. The van der Waals surface area contributed by atoms with Crippen LogP contribution >= 0.6 is 11.8 Å². The molecule has 0 spiro atoms. The number of methoxy groups -OCH3 is 1. The molecule has 1 saturated heterocycles. The Balaban J connectivity index is 1.53. The number of carbonyl (C=O) groups excluding carboxylic acids is 1. The number of rotatable bonds is 6. The van der Waals surface area contributed by atoms with Crippen LogP contribution in [0.2, 0.25) is 0 Å². The Kier molecular flexibility index (Phi) is 5.98. The molecular formula is C26H22FN3O3S. The Bertz CT molecular complexity index is 1330. The summed E-state index contributed by atoms with van der Waals surface area (Å²) in [7, 11) is 1.50. The second kappa shape index (κ2) is 9.23. The van der Waals surface area contributed by atoms with E-state index >= 15 is 0 Å². The molecule has 1 aliphatic rings. The number of nitrogens with zero attached hydrogens (tertiary/aromatic N) is 3. The highest BCUT2D eigenvalue weighted by atomic mass is 32.2. The van der Waals surface area contributed by atoms with Crippen LogP contribution in [0, 0.1) is 5.82 Å². The van der Waals surface area contributed by atoms with Gasteiger partial charge in [-0.2, -0.15) is 5.10 Å². The monoisotopic (exact) mass is 475 g/mol. The number of thioether (sulfide) groups is 1. The van der Waals surface area contributed by atoms with Gasteiger partial charge in [-0.1, -0.05) is 24.3 Å². The molecule has 1 unspecified atom stereocenters. The van der Waals surface area contributed by atoms with Gasteiger partial charge in [-0.05, 0) is 54.1 Å². The molecule has 1 amide bonds. The highest BCUT2D eigenvalue weighted by Crippen LogP contribution is 2.42. The van der Waals surface area contributed by atoms with Gasteiger partial charge in [-0.25, -0.2) is 9.07 Å². The van der Waals surface area contributed by atoms with Crippen LogP contribution < -0.4 is 4.74 Å². The lowest BCUT2D eigenvalue weighted by atomic mass is 10.1. The maximum atomic E-state index is 13.6. The third-order valence-electron chi connectivity index (χ3n) is 5.73. The van der Waals surface area contributed by atoms with E-state index in [1.807, 2.05) is 36.5 Å². The first-order valence-electron chi connectivity index (χ1n) is 10.7. The van der Waals surface area contributed by atoms with Gasteiger partial charge in [-0.15, -0.1) is 11.8 Å². The molecule has 34 heavy (non-hydrogen) atoms. The summed E-state index contributed by atoms with van der Waals surface area (Å²) in [6.45, 7) is 0.333. The molecule has 5 rings (SSSR count). The van der Waals surface area contributed by atoms with E-state index in [-0.39, 0.29) is 22.8 Å². The van der Waals surface area contributed by atoms with Gasteiger partial charge in [0.2, 0.25) is 5.91 Å². The first kappa shape index (κ1) is 22.0. The molecule has 0 saturated carbocycles. The Morgan fingerprint density at radius 2 is 1.88 bits per heavy atom. The van der Waals surface area contributed by atoms with Gasteiger partial charge >= 0.3 is 0 Å². The number of aromatic nitrogens is 2. The van der Waals surface area contributed by atoms with Gasteiger partial charge in [-0.3, -0.25) is 4.79 Å². The number of hydrogen-bond acceptors (Lipinski definition) is 5. The first-order valence-corrected chi connectivity index (χ1v) is 11.8. The standard InChI is InChI=1S/C26H22FN3O3S/c1-33-23-13-18(9-12-22(23)31)26-29(24(32)16-34-26)14-19-15-30(21-5-3-2-4-6-21)28-25(19)17-7-10-20(27)11-8-17/h2-13,15,26,31H,14,16H2,1H3. The maximum Gasteiger partial charge on any atom is 0.234 e. The summed E-state index contributed by atoms with van der Waals surface area (Å²) < 4.78 is 20.6. The topological polar surface area (TPSA) is 67.6 Å². The second-order valence-electron chi connectivity index (χ2n) is 7.91. The Morgan fingerprint density at radius 3 is 2.62 bits per heavy atom. The molecule has 0 radical (unpaired) electrons. The summed E-state index contributed by atoms with van der Waals surface area (Å²) in [6, 6.07) is 21.0. The predicted molar refractivity (Wildman–Crippen MR) is 129 cm³/mol. The summed E-state index contributed by atoms with van der Waals surface area (Å²) in [5, 5.41) is 14.5. The minimum atomic E-state index is -0.319. The maximum absolute atomic E-state index is 13.6. The van der Waals surface area contributed by atoms with Crippen molar-refractivity contribution in [3.8, 4) is 28.4 Å². The second-order valence-corrected chi connectivity index (χ2v) is 8.97. The van der Waals surface area contributed by atoms with E-state index in [0.29, 0.717) is 23.7 Å². The van der Waals surface area contributed by atoms with E-state index in [9.17, 15) is 14.3 Å². The van der Waals surface area contributed by atoms with E-state index in [1.165, 1.54) is 31.0 Å². The highest BCUT2D eigenvalue weighted by molar-refractivity contribution is 8.00. The normalized spacial score (nSPS) is 15.6. The molecule has 0 bridgehead atoms. The summed E-state index contributed by atoms with van der Waals surface area (Å²) in [5.74, 6) is 0.461. The van der Waals surface area contributed by atoms with Gasteiger partial charge in [0.25, 0.3) is 0 Å². The van der Waals surface area contributed by atoms with Crippen molar-refractivity contribution in [3.63, 3.8) is 0 Å². The first-order chi connectivity index (χ1) is 16.5. The number of ether oxygens (including phenoxy) is 1. The van der Waals surface area contributed by atoms with Gasteiger partial charge in [0.05, 0.1) is 30.8 Å². The molecule has 1 atom stereocenters. The number of hydrogen-bond donors (Lipinski definition) is 1. The van der Waals surface area contributed by atoms with Crippen LogP contribution in [0.25, 0.3) is 16.9 Å². The molecule has 0 aliphatic carbocycles. The summed E-state index contributed by atoms with van der Waals surface area (Å²) in [6.07, 6.45) is 1.92. The SMILES string of the molecule is COc1cc(C2SCC(=O)N2Cc2cn(-c3ccccc3)nc2-c2ccc(F)cc2)ccc1O. The third-order valence-corrected chi connectivity index (χ3v) is 6.98. The van der Waals surface area contributed by atoms with Crippen LogP contribution in [0.3, 0.4) is 0 Å². The molecule has 8 heteroatoms. The number of benzene rings is 3. The molecule has 1 aromatic heterocycles. The van der Waals surface area contributed by atoms with Crippen LogP contribution in [0.4, 0.5) is 4.39 Å². The Hall–Kier alpha value is -3.78. The van der Waals surface area contributed by atoms with Crippen molar-refractivity contribution in [2.24, 2.45) is 0 Å². The molecular weight excluding hydrogens is 453 g/mol. The smallest absolute Gasteiger partial charge is 0.234 e. The number of phenols is 1. The zero-order chi connectivity index (χ0) is 23.7. The Labute approximate surface area is 200 Å². The summed E-state index contributed by atoms with van der Waals surface area (Å²) in [4.78, 5) is 14.7. The van der Waals surface area contributed by atoms with Gasteiger partial charge < -0.3 is 14.7 Å². The lowest BCUT2D eigenvalue weighted by molar-refractivity contribution is -0.128. The zero-order valence-electron chi connectivity index (χ0n) is 18.4. The van der Waals surface area contributed by atoms with Crippen molar-refractivity contribution >= 4 is 17.7 Å². The zero-order valence-corrected chi connectivity index (χ0v) is 19.2. The average Bonchev–Trinajstić information content (AvgIpc) is 3.45. The Morgan fingerprint density at radius 1 is 1.12 bits per heavy atom. The largest absolute Gasteiger partial charge is 0.504 e. The lowest BCUT2D eigenvalue weighted by Crippen LogP contribution is -2.27. The van der Waals surface area contributed by atoms with Crippen LogP contribution in [0.15, 0.2) is 79.0 Å². The molecule has 1 fully saturated rings. The van der Waals surface area contributed by atoms with Crippen LogP contribution in [0.1, 0.15) is 16.5 Å². The van der Waals surface area contributed by atoms with Crippen molar-refractivity contribution in [1.82, 2.24) is 14.7 Å². The van der Waals surface area contributed by atoms with E-state index in [2.05, 4.69) is 0 Å². The van der Waals surface area contributed by atoms with Crippen LogP contribution in [0.5, 0.6) is 11.5 Å². The fraction of sp³-hybridized carbons (Fsp3) is 0.154. The minimum absolute atomic E-state index is 0.0135. The number of halogens is 1. The predicted octanol–water partition coefficient (Wildman–Crippen LogP) is 5.17. The minimum Gasteiger partial charge on any atom is -0.504 e. The molecule has 2 heterocycles. The number of phenolic OH excluding ortho intramolecular Hbond substituents is 1. The number of amides is 1. The van der Waals surface area contributed by atoms with Gasteiger partial charge in [0.15, 0.2) is 11.5 Å². The van der Waals surface area contributed by atoms with Crippen LogP contribution in [-0.4, -0.2) is 38.6 Å². The van der Waals surface area contributed by atoms with E-state index in [4.69, 9.17) is 9.84 Å². The number of para-hydroxylation sites is 1. The molecule has 6 nitrogen and oxygen atoms in total. The molecule has 1 aliphatic heterocycles. The fourth-order valence-electron chi connectivity index (χ4n) is 4.02. The molecule has 3 aromatic carbocycles. The van der Waals surface area contributed by atoms with Crippen molar-refractivity contribution < 1.29 is 19.0 Å².